The van der Waals surface area contributed by atoms with Gasteiger partial charge in [-0.15, -0.1) is 0 Å². The van der Waals surface area contributed by atoms with E-state index < -0.39 is 11.7 Å². The molecule has 0 bridgehead atoms. The first-order chi connectivity index (χ1) is 15.3. The van der Waals surface area contributed by atoms with E-state index in [1.165, 1.54) is 6.07 Å². The third kappa shape index (κ3) is 3.87. The number of alkyl halides is 3. The van der Waals surface area contributed by atoms with Gasteiger partial charge >= 0.3 is 6.18 Å². The van der Waals surface area contributed by atoms with Gasteiger partial charge in [0.2, 0.25) is 5.91 Å². The van der Waals surface area contributed by atoms with Crippen LogP contribution in [-0.4, -0.2) is 54.8 Å². The molecule has 0 unspecified atom stereocenters. The first-order valence-corrected chi connectivity index (χ1v) is 10.5. The molecule has 1 saturated carbocycles. The predicted molar refractivity (Wildman–Crippen MR) is 112 cm³/mol. The van der Waals surface area contributed by atoms with E-state index in [1.54, 1.807) is 25.3 Å². The number of carbonyl (C=O) groups excluding carboxylic acids is 1. The highest BCUT2D eigenvalue weighted by Crippen LogP contribution is 2.42. The van der Waals surface area contributed by atoms with Crippen molar-refractivity contribution in [3.8, 4) is 17.2 Å². The van der Waals surface area contributed by atoms with Gasteiger partial charge in [0, 0.05) is 32.1 Å². The first-order valence-electron chi connectivity index (χ1n) is 10.5. The molecule has 0 atom stereocenters. The molecule has 3 aliphatic rings. The molecule has 0 N–H and O–H groups in total. The Hall–Kier alpha value is -3.23. The van der Waals surface area contributed by atoms with Gasteiger partial charge in [-0.2, -0.15) is 13.2 Å². The van der Waals surface area contributed by atoms with Gasteiger partial charge in [0.15, 0.2) is 5.75 Å². The lowest BCUT2D eigenvalue weighted by molar-refractivity contribution is -0.137. The normalized spacial score (nSPS) is 18.2. The van der Waals surface area contributed by atoms with Crippen molar-refractivity contribution in [2.24, 2.45) is 10.9 Å². The number of fused-ring (bicyclic) bond motifs is 2. The second kappa shape index (κ2) is 7.72. The summed E-state index contributed by atoms with van der Waals surface area (Å²) in [7, 11) is 1.54. The Kier molecular flexibility index (Phi) is 4.98. The number of methoxy groups -OCH3 is 1. The summed E-state index contributed by atoms with van der Waals surface area (Å²) < 4.78 is 51.2. The molecular formula is C23H22F3N3O3. The van der Waals surface area contributed by atoms with Crippen LogP contribution in [0.2, 0.25) is 0 Å². The summed E-state index contributed by atoms with van der Waals surface area (Å²) in [5.74, 6) is 2.18. The standard InChI is InChI=1S/C23H22F3N3O3/c1-31-16-5-7-19-17(13-16)21(28-8-10-29(11-9-28)22(30)14-2-3-14)27-18-12-15(23(24,25)26)4-6-20(18)32-19/h4-7,12-14H,2-3,8-11H2,1H3. The third-order valence-electron chi connectivity index (χ3n) is 5.98. The molecular weight excluding hydrogens is 423 g/mol. The Bertz CT molecular complexity index is 1090. The number of nitrogens with zero attached hydrogens (tertiary/aromatic N) is 3. The van der Waals surface area contributed by atoms with E-state index in [1.807, 2.05) is 9.80 Å². The van der Waals surface area contributed by atoms with Crippen LogP contribution in [0.15, 0.2) is 41.4 Å². The van der Waals surface area contributed by atoms with E-state index in [0.29, 0.717) is 49.1 Å². The van der Waals surface area contributed by atoms with Crippen LogP contribution in [0.5, 0.6) is 17.2 Å². The van der Waals surface area contributed by atoms with Gasteiger partial charge in [-0.1, -0.05) is 0 Å². The number of amidine groups is 1. The van der Waals surface area contributed by atoms with Crippen LogP contribution in [-0.2, 0) is 11.0 Å². The van der Waals surface area contributed by atoms with Crippen LogP contribution in [0.3, 0.4) is 0 Å². The summed E-state index contributed by atoms with van der Waals surface area (Å²) >= 11 is 0. The van der Waals surface area contributed by atoms with Crippen LogP contribution in [0.4, 0.5) is 18.9 Å². The molecule has 168 valence electrons. The quantitative estimate of drug-likeness (QED) is 0.685. The fraction of sp³-hybridized carbons (Fsp3) is 0.391. The van der Waals surface area contributed by atoms with Crippen molar-refractivity contribution in [1.29, 1.82) is 0 Å². The average molecular weight is 445 g/mol. The number of piperazine rings is 1. The van der Waals surface area contributed by atoms with Crippen LogP contribution < -0.4 is 9.47 Å². The van der Waals surface area contributed by atoms with E-state index >= 15 is 0 Å². The molecule has 32 heavy (non-hydrogen) atoms. The molecule has 0 spiro atoms. The monoisotopic (exact) mass is 445 g/mol. The largest absolute Gasteiger partial charge is 0.497 e. The van der Waals surface area contributed by atoms with Crippen LogP contribution >= 0.6 is 0 Å². The minimum absolute atomic E-state index is 0.112. The number of amides is 1. The third-order valence-corrected chi connectivity index (χ3v) is 5.98. The first kappa shape index (κ1) is 20.7. The number of rotatable bonds is 2. The number of benzene rings is 2. The summed E-state index contributed by atoms with van der Waals surface area (Å²) in [6.07, 6.45) is -2.58. The Balaban J connectivity index is 1.52. The maximum Gasteiger partial charge on any atom is 0.416 e. The van der Waals surface area contributed by atoms with Gasteiger partial charge in [0.1, 0.15) is 23.0 Å². The Morgan fingerprint density at radius 1 is 1.06 bits per heavy atom. The molecule has 1 saturated heterocycles. The number of ether oxygens (including phenoxy) is 2. The van der Waals surface area contributed by atoms with E-state index in [2.05, 4.69) is 4.99 Å². The van der Waals surface area contributed by atoms with Crippen LogP contribution in [0.1, 0.15) is 24.0 Å². The summed E-state index contributed by atoms with van der Waals surface area (Å²) in [6.45, 7) is 2.15. The van der Waals surface area contributed by atoms with Gasteiger partial charge in [-0.3, -0.25) is 4.79 Å². The highest BCUT2D eigenvalue weighted by atomic mass is 19.4. The smallest absolute Gasteiger partial charge is 0.416 e. The topological polar surface area (TPSA) is 54.4 Å². The SMILES string of the molecule is COc1ccc2c(c1)C(N1CCN(C(=O)C3CC3)CC1)=Nc1cc(C(F)(F)F)ccc1O2. The molecule has 2 fully saturated rings. The lowest BCUT2D eigenvalue weighted by atomic mass is 10.1. The summed E-state index contributed by atoms with van der Waals surface area (Å²) in [5.41, 5.74) is -0.0381. The molecule has 2 aromatic rings. The summed E-state index contributed by atoms with van der Waals surface area (Å²) in [5, 5.41) is 0. The predicted octanol–water partition coefficient (Wildman–Crippen LogP) is 4.45. The van der Waals surface area contributed by atoms with E-state index in [-0.39, 0.29) is 23.3 Å². The number of halogens is 3. The molecule has 0 radical (unpaired) electrons. The van der Waals surface area contributed by atoms with Crippen molar-refractivity contribution >= 4 is 17.4 Å². The maximum absolute atomic E-state index is 13.3. The second-order valence-electron chi connectivity index (χ2n) is 8.17. The zero-order valence-corrected chi connectivity index (χ0v) is 17.5. The number of hydrogen-bond acceptors (Lipinski definition) is 5. The van der Waals surface area contributed by atoms with Gasteiger partial charge in [0.05, 0.1) is 18.2 Å². The van der Waals surface area contributed by atoms with E-state index in [9.17, 15) is 18.0 Å². The zero-order valence-electron chi connectivity index (χ0n) is 17.5. The number of aliphatic imine (C=N–C) groups is 1. The van der Waals surface area contributed by atoms with Crippen molar-refractivity contribution in [3.05, 3.63) is 47.5 Å². The summed E-state index contributed by atoms with van der Waals surface area (Å²) in [4.78, 5) is 20.9. The van der Waals surface area contributed by atoms with Gasteiger partial charge in [-0.25, -0.2) is 4.99 Å². The highest BCUT2D eigenvalue weighted by molar-refractivity contribution is 6.04. The van der Waals surface area contributed by atoms with Gasteiger partial charge < -0.3 is 19.3 Å². The average Bonchev–Trinajstić information content (AvgIpc) is 3.64. The second-order valence-corrected chi connectivity index (χ2v) is 8.17. The number of hydrogen-bond donors (Lipinski definition) is 0. The fourth-order valence-electron chi connectivity index (χ4n) is 4.03. The van der Waals surface area contributed by atoms with E-state index in [4.69, 9.17) is 9.47 Å². The Labute approximate surface area is 183 Å². The molecule has 2 aliphatic heterocycles. The molecule has 6 nitrogen and oxygen atoms in total. The molecule has 5 rings (SSSR count). The van der Waals surface area contributed by atoms with Gasteiger partial charge in [0.25, 0.3) is 0 Å². The van der Waals surface area contributed by atoms with E-state index in [0.717, 1.165) is 25.0 Å². The van der Waals surface area contributed by atoms with Gasteiger partial charge in [-0.05, 0) is 49.2 Å². The molecule has 2 heterocycles. The zero-order chi connectivity index (χ0) is 22.5. The van der Waals surface area contributed by atoms with Crippen molar-refractivity contribution < 1.29 is 27.4 Å². The minimum atomic E-state index is -4.48. The lowest BCUT2D eigenvalue weighted by Crippen LogP contribution is -2.51. The molecule has 0 aromatic heterocycles. The summed E-state index contributed by atoms with van der Waals surface area (Å²) in [6, 6.07) is 8.52. The minimum Gasteiger partial charge on any atom is -0.497 e. The molecule has 1 aliphatic carbocycles. The molecule has 9 heteroatoms. The van der Waals surface area contributed by atoms with Crippen molar-refractivity contribution in [1.82, 2.24) is 9.80 Å². The fourth-order valence-corrected chi connectivity index (χ4v) is 4.03. The Morgan fingerprint density at radius 2 is 1.78 bits per heavy atom. The lowest BCUT2D eigenvalue weighted by Gasteiger charge is -2.36. The van der Waals surface area contributed by atoms with Crippen molar-refractivity contribution in [2.75, 3.05) is 33.3 Å². The van der Waals surface area contributed by atoms with Crippen LogP contribution in [0, 0.1) is 5.92 Å². The molecule has 2 aromatic carbocycles. The Morgan fingerprint density at radius 3 is 2.44 bits per heavy atom. The van der Waals surface area contributed by atoms with Crippen LogP contribution in [0.25, 0.3) is 0 Å². The maximum atomic E-state index is 13.3. The molecule has 1 amide bonds. The number of carbonyl (C=O) groups is 1. The highest BCUT2D eigenvalue weighted by Gasteiger charge is 2.36. The van der Waals surface area contributed by atoms with Crippen molar-refractivity contribution in [2.45, 2.75) is 19.0 Å². The van der Waals surface area contributed by atoms with Crippen molar-refractivity contribution in [3.63, 3.8) is 0 Å².